The Hall–Kier alpha value is -1.16. The number of ether oxygens (including phenoxy) is 2. The number of aliphatic hydroxyl groups is 1. The van der Waals surface area contributed by atoms with E-state index in [0.29, 0.717) is 13.2 Å². The summed E-state index contributed by atoms with van der Waals surface area (Å²) in [6.07, 6.45) is 48.9. The van der Waals surface area contributed by atoms with Gasteiger partial charge in [0.2, 0.25) is 0 Å². The summed E-state index contributed by atoms with van der Waals surface area (Å²) in [5.41, 5.74) is -0.295. The summed E-state index contributed by atoms with van der Waals surface area (Å²) in [6.45, 7) is 9.43. The molecule has 0 aromatic heterocycles. The largest absolute Gasteiger partial charge is 0.396 e. The maximum absolute atomic E-state index is 9.90. The summed E-state index contributed by atoms with van der Waals surface area (Å²) in [4.78, 5) is 0. The van der Waals surface area contributed by atoms with E-state index in [2.05, 4.69) is 69.4 Å². The van der Waals surface area contributed by atoms with Crippen molar-refractivity contribution in [3.8, 4) is 0 Å². The molecular formula is C41H76O3. The highest BCUT2D eigenvalue weighted by molar-refractivity contribution is 4.93. The van der Waals surface area contributed by atoms with E-state index >= 15 is 0 Å². The monoisotopic (exact) mass is 617 g/mol. The number of allylic oxidation sites excluding steroid dienone is 8. The first kappa shape index (κ1) is 42.8. The topological polar surface area (TPSA) is 38.7 Å². The van der Waals surface area contributed by atoms with Crippen molar-refractivity contribution in [1.82, 2.24) is 0 Å². The maximum Gasteiger partial charge on any atom is 0.0563 e. The van der Waals surface area contributed by atoms with Gasteiger partial charge in [-0.3, -0.25) is 0 Å². The van der Waals surface area contributed by atoms with Crippen molar-refractivity contribution >= 4 is 0 Å². The highest BCUT2D eigenvalue weighted by Crippen LogP contribution is 2.18. The lowest BCUT2D eigenvalue weighted by Gasteiger charge is -2.26. The summed E-state index contributed by atoms with van der Waals surface area (Å²) >= 11 is 0. The van der Waals surface area contributed by atoms with Crippen LogP contribution < -0.4 is 0 Å². The Kier molecular flexibility index (Phi) is 35.4. The van der Waals surface area contributed by atoms with Crippen molar-refractivity contribution in [2.75, 3.05) is 33.0 Å². The van der Waals surface area contributed by atoms with Gasteiger partial charge >= 0.3 is 0 Å². The molecule has 0 saturated heterocycles. The molecule has 0 unspecified atom stereocenters. The zero-order valence-corrected chi connectivity index (χ0v) is 29.9. The minimum Gasteiger partial charge on any atom is -0.396 e. The normalized spacial score (nSPS) is 12.7. The van der Waals surface area contributed by atoms with E-state index in [-0.39, 0.29) is 12.0 Å². The van der Waals surface area contributed by atoms with Crippen LogP contribution in [0.25, 0.3) is 0 Å². The highest BCUT2D eigenvalue weighted by Gasteiger charge is 2.24. The zero-order valence-electron chi connectivity index (χ0n) is 29.9. The predicted octanol–water partition coefficient (Wildman–Crippen LogP) is 12.6. The summed E-state index contributed by atoms with van der Waals surface area (Å²) in [5, 5.41) is 9.90. The van der Waals surface area contributed by atoms with E-state index in [1.54, 1.807) is 0 Å². The van der Waals surface area contributed by atoms with Crippen LogP contribution in [0.15, 0.2) is 48.6 Å². The second-order valence-corrected chi connectivity index (χ2v) is 13.2. The number of hydrogen-bond acceptors (Lipinski definition) is 3. The van der Waals surface area contributed by atoms with Gasteiger partial charge in [-0.1, -0.05) is 146 Å². The van der Waals surface area contributed by atoms with Crippen LogP contribution >= 0.6 is 0 Å². The molecule has 258 valence electrons. The lowest BCUT2D eigenvalue weighted by atomic mass is 9.94. The Bertz CT molecular complexity index is 611. The minimum absolute atomic E-state index is 0.111. The van der Waals surface area contributed by atoms with Crippen molar-refractivity contribution in [3.05, 3.63) is 48.6 Å². The molecule has 0 heterocycles. The highest BCUT2D eigenvalue weighted by atomic mass is 16.5. The van der Waals surface area contributed by atoms with Crippen LogP contribution in [0.2, 0.25) is 0 Å². The van der Waals surface area contributed by atoms with Crippen LogP contribution in [0.3, 0.4) is 0 Å². The molecule has 3 heteroatoms. The first-order chi connectivity index (χ1) is 21.7. The van der Waals surface area contributed by atoms with Gasteiger partial charge in [-0.2, -0.15) is 0 Å². The summed E-state index contributed by atoms with van der Waals surface area (Å²) in [6, 6.07) is 0. The molecule has 1 N–H and O–H groups in total. The van der Waals surface area contributed by atoms with E-state index in [9.17, 15) is 5.11 Å². The molecule has 0 atom stereocenters. The Morgan fingerprint density at radius 2 is 0.750 bits per heavy atom. The summed E-state index contributed by atoms with van der Waals surface area (Å²) < 4.78 is 11.9. The smallest absolute Gasteiger partial charge is 0.0563 e. The average Bonchev–Trinajstić information content (AvgIpc) is 3.03. The van der Waals surface area contributed by atoms with Gasteiger partial charge in [-0.25, -0.2) is 0 Å². The van der Waals surface area contributed by atoms with Crippen LogP contribution in [0.5, 0.6) is 0 Å². The molecule has 0 aliphatic carbocycles. The maximum atomic E-state index is 9.90. The van der Waals surface area contributed by atoms with Gasteiger partial charge in [-0.05, 0) is 77.0 Å². The molecule has 0 spiro atoms. The standard InChI is InChI=1S/C41H76O3/c1-4-6-8-10-12-14-16-18-20-22-24-26-28-30-32-34-36-43-39-41(3,38-42)40-44-37-35-33-31-29-27-25-23-21-19-17-15-13-11-9-7-5-2/h12-15,18-21,42H,4-11,16-17,22-40H2,1-3H3/b14-12-,15-13-,20-18-,21-19-. The first-order valence-electron chi connectivity index (χ1n) is 19.0. The minimum atomic E-state index is -0.295. The molecule has 0 rings (SSSR count). The van der Waals surface area contributed by atoms with Crippen LogP contribution in [-0.2, 0) is 9.47 Å². The summed E-state index contributed by atoms with van der Waals surface area (Å²) in [5.74, 6) is 0. The molecule has 3 nitrogen and oxygen atoms in total. The Morgan fingerprint density at radius 3 is 1.09 bits per heavy atom. The number of hydrogen-bond donors (Lipinski definition) is 1. The molecule has 0 bridgehead atoms. The zero-order chi connectivity index (χ0) is 32.1. The molecule has 0 aromatic rings. The fourth-order valence-electron chi connectivity index (χ4n) is 5.15. The van der Waals surface area contributed by atoms with Gasteiger partial charge in [0.1, 0.15) is 0 Å². The lowest BCUT2D eigenvalue weighted by Crippen LogP contribution is -2.33. The third-order valence-corrected chi connectivity index (χ3v) is 8.26. The molecule has 0 radical (unpaired) electrons. The first-order valence-corrected chi connectivity index (χ1v) is 19.0. The molecule has 0 aliphatic heterocycles. The lowest BCUT2D eigenvalue weighted by molar-refractivity contribution is -0.0418. The van der Waals surface area contributed by atoms with Crippen molar-refractivity contribution in [2.24, 2.45) is 5.41 Å². The molecule has 44 heavy (non-hydrogen) atoms. The van der Waals surface area contributed by atoms with E-state index in [0.717, 1.165) is 38.9 Å². The van der Waals surface area contributed by atoms with Gasteiger partial charge in [0.15, 0.2) is 0 Å². The van der Waals surface area contributed by atoms with Gasteiger partial charge in [-0.15, -0.1) is 0 Å². The van der Waals surface area contributed by atoms with Crippen molar-refractivity contribution < 1.29 is 14.6 Å². The van der Waals surface area contributed by atoms with Gasteiger partial charge in [0.05, 0.1) is 19.8 Å². The second-order valence-electron chi connectivity index (χ2n) is 13.2. The van der Waals surface area contributed by atoms with Crippen LogP contribution in [0.4, 0.5) is 0 Å². The third kappa shape index (κ3) is 33.7. The van der Waals surface area contributed by atoms with Crippen molar-refractivity contribution in [1.29, 1.82) is 0 Å². The Balaban J connectivity index is 3.49. The molecule has 0 aromatic carbocycles. The summed E-state index contributed by atoms with van der Waals surface area (Å²) in [7, 11) is 0. The number of rotatable bonds is 35. The van der Waals surface area contributed by atoms with Crippen LogP contribution in [-0.4, -0.2) is 38.1 Å². The van der Waals surface area contributed by atoms with E-state index < -0.39 is 0 Å². The second kappa shape index (κ2) is 36.3. The number of aliphatic hydroxyl groups excluding tert-OH is 1. The third-order valence-electron chi connectivity index (χ3n) is 8.26. The Labute approximate surface area is 276 Å². The van der Waals surface area contributed by atoms with Crippen LogP contribution in [0, 0.1) is 5.41 Å². The predicted molar refractivity (Wildman–Crippen MR) is 196 cm³/mol. The average molecular weight is 617 g/mol. The molecule has 0 saturated carbocycles. The Morgan fingerprint density at radius 1 is 0.432 bits per heavy atom. The van der Waals surface area contributed by atoms with E-state index in [4.69, 9.17) is 9.47 Å². The van der Waals surface area contributed by atoms with E-state index in [1.165, 1.54) is 128 Å². The molecule has 0 aliphatic rings. The van der Waals surface area contributed by atoms with Gasteiger partial charge < -0.3 is 14.6 Å². The quantitative estimate of drug-likeness (QED) is 0.0568. The molecule has 0 amide bonds. The van der Waals surface area contributed by atoms with Crippen LogP contribution in [0.1, 0.15) is 175 Å². The van der Waals surface area contributed by atoms with E-state index in [1.807, 2.05) is 0 Å². The number of unbranched alkanes of at least 4 members (excludes halogenated alkanes) is 18. The van der Waals surface area contributed by atoms with Crippen molar-refractivity contribution in [3.63, 3.8) is 0 Å². The fourth-order valence-corrected chi connectivity index (χ4v) is 5.15. The molecule has 0 fully saturated rings. The van der Waals surface area contributed by atoms with Gasteiger partial charge in [0.25, 0.3) is 0 Å². The SMILES string of the molecule is CCCCC/C=C\C/C=C\CCCCCCCCOCC(C)(CO)COCCCCCCCC/C=C\C/C=C\CCCCC. The van der Waals surface area contributed by atoms with Gasteiger partial charge in [0, 0.05) is 18.6 Å². The molecular weight excluding hydrogens is 540 g/mol. The van der Waals surface area contributed by atoms with Crippen molar-refractivity contribution in [2.45, 2.75) is 175 Å². The fraction of sp³-hybridized carbons (Fsp3) is 0.805.